The highest BCUT2D eigenvalue weighted by molar-refractivity contribution is 5.24. The molecule has 23 heavy (non-hydrogen) atoms. The summed E-state index contributed by atoms with van der Waals surface area (Å²) in [4.78, 5) is 0. The van der Waals surface area contributed by atoms with Crippen LogP contribution < -0.4 is 15.4 Å². The lowest BCUT2D eigenvalue weighted by Gasteiger charge is -2.33. The van der Waals surface area contributed by atoms with Crippen molar-refractivity contribution < 1.29 is 18.3 Å². The van der Waals surface area contributed by atoms with Crippen molar-refractivity contribution in [3.8, 4) is 5.75 Å². The lowest BCUT2D eigenvalue weighted by atomic mass is 9.94. The van der Waals surface area contributed by atoms with Crippen LogP contribution in [0.1, 0.15) is 19.3 Å². The van der Waals surface area contributed by atoms with E-state index in [1.54, 1.807) is 0 Å². The molecule has 0 amide bonds. The monoisotopic (exact) mass is 326 g/mol. The van der Waals surface area contributed by atoms with Crippen molar-refractivity contribution in [1.82, 2.24) is 10.6 Å². The van der Waals surface area contributed by atoms with Crippen LogP contribution >= 0.6 is 0 Å². The second kappa shape index (κ2) is 8.04. The minimum Gasteiger partial charge on any atom is -0.489 e. The van der Waals surface area contributed by atoms with Crippen LogP contribution in [-0.2, 0) is 4.74 Å². The number of hydrogen-bond donors (Lipinski definition) is 2. The fourth-order valence-electron chi connectivity index (χ4n) is 3.58. The number of nitrogens with one attached hydrogen (secondary N) is 2. The van der Waals surface area contributed by atoms with E-state index in [1.165, 1.54) is 25.0 Å². The van der Waals surface area contributed by atoms with Crippen molar-refractivity contribution in [3.63, 3.8) is 0 Å². The normalized spacial score (nSPS) is 28.0. The summed E-state index contributed by atoms with van der Waals surface area (Å²) in [7, 11) is 0. The Morgan fingerprint density at radius 2 is 2.22 bits per heavy atom. The maximum atomic E-state index is 13.5. The molecule has 0 aromatic heterocycles. The van der Waals surface area contributed by atoms with Crippen molar-refractivity contribution in [2.45, 2.75) is 31.3 Å². The van der Waals surface area contributed by atoms with E-state index < -0.39 is 11.6 Å². The van der Waals surface area contributed by atoms with Crippen LogP contribution in [-0.4, -0.2) is 45.0 Å². The third-order valence-electron chi connectivity index (χ3n) is 4.70. The van der Waals surface area contributed by atoms with Crippen LogP contribution in [0, 0.1) is 17.6 Å². The van der Waals surface area contributed by atoms with Crippen molar-refractivity contribution in [1.29, 1.82) is 0 Å². The summed E-state index contributed by atoms with van der Waals surface area (Å²) < 4.78 is 37.3. The average Bonchev–Trinajstić information content (AvgIpc) is 3.02. The first-order valence-electron chi connectivity index (χ1n) is 8.36. The van der Waals surface area contributed by atoms with Crippen LogP contribution in [0.4, 0.5) is 8.78 Å². The molecule has 1 heterocycles. The van der Waals surface area contributed by atoms with Gasteiger partial charge in [-0.2, -0.15) is 0 Å². The highest BCUT2D eigenvalue weighted by Gasteiger charge is 2.34. The fraction of sp³-hybridized carbons (Fsp3) is 0.647. The smallest absolute Gasteiger partial charge is 0.167 e. The van der Waals surface area contributed by atoms with Gasteiger partial charge in [-0.15, -0.1) is 0 Å². The van der Waals surface area contributed by atoms with Crippen molar-refractivity contribution in [2.75, 3.05) is 32.9 Å². The van der Waals surface area contributed by atoms with Gasteiger partial charge < -0.3 is 20.1 Å². The van der Waals surface area contributed by atoms with Crippen LogP contribution in [0.5, 0.6) is 5.75 Å². The van der Waals surface area contributed by atoms with E-state index >= 15 is 0 Å². The SMILES string of the molecule is Fc1ccc(OCCNC2CCCC2C2COCCN2)c(F)c1. The van der Waals surface area contributed by atoms with Gasteiger partial charge >= 0.3 is 0 Å². The summed E-state index contributed by atoms with van der Waals surface area (Å²) in [5.74, 6) is -0.590. The molecule has 4 nitrogen and oxygen atoms in total. The van der Waals surface area contributed by atoms with Crippen molar-refractivity contribution in [2.24, 2.45) is 5.92 Å². The quantitative estimate of drug-likeness (QED) is 0.786. The minimum absolute atomic E-state index is 0.0959. The highest BCUT2D eigenvalue weighted by Crippen LogP contribution is 2.29. The van der Waals surface area contributed by atoms with Crippen LogP contribution in [0.3, 0.4) is 0 Å². The lowest BCUT2D eigenvalue weighted by molar-refractivity contribution is 0.0523. The van der Waals surface area contributed by atoms with E-state index in [4.69, 9.17) is 9.47 Å². The average molecular weight is 326 g/mol. The predicted octanol–water partition coefficient (Wildman–Crippen LogP) is 2.09. The number of benzene rings is 1. The Labute approximate surface area is 135 Å². The van der Waals surface area contributed by atoms with Gasteiger partial charge in [0.05, 0.1) is 13.2 Å². The Morgan fingerprint density at radius 1 is 1.30 bits per heavy atom. The Morgan fingerprint density at radius 3 is 3.00 bits per heavy atom. The number of rotatable bonds is 6. The zero-order valence-electron chi connectivity index (χ0n) is 13.2. The third-order valence-corrected chi connectivity index (χ3v) is 4.70. The first kappa shape index (κ1) is 16.6. The predicted molar refractivity (Wildman–Crippen MR) is 83.6 cm³/mol. The molecular weight excluding hydrogens is 302 g/mol. The Bertz CT molecular complexity index is 509. The van der Waals surface area contributed by atoms with Crippen molar-refractivity contribution >= 4 is 0 Å². The highest BCUT2D eigenvalue weighted by atomic mass is 19.1. The molecular formula is C17H24F2N2O2. The van der Waals surface area contributed by atoms with E-state index in [1.807, 2.05) is 0 Å². The Balaban J connectivity index is 1.42. The molecule has 3 unspecified atom stereocenters. The molecule has 0 bridgehead atoms. The van der Waals surface area contributed by atoms with Gasteiger partial charge in [0, 0.05) is 31.2 Å². The number of halogens is 2. The van der Waals surface area contributed by atoms with Crippen LogP contribution in [0.15, 0.2) is 18.2 Å². The van der Waals surface area contributed by atoms with Crippen LogP contribution in [0.25, 0.3) is 0 Å². The summed E-state index contributed by atoms with van der Waals surface area (Å²) in [6.45, 7) is 3.49. The first-order chi connectivity index (χ1) is 11.2. The molecule has 3 rings (SSSR count). The molecule has 1 aromatic carbocycles. The van der Waals surface area contributed by atoms with Gasteiger partial charge in [0.25, 0.3) is 0 Å². The van der Waals surface area contributed by atoms with Gasteiger partial charge in [-0.05, 0) is 30.9 Å². The standard InChI is InChI=1S/C17H24F2N2O2/c18-12-4-5-17(14(19)10-12)23-9-7-20-15-3-1-2-13(15)16-11-22-8-6-21-16/h4-5,10,13,15-16,20-21H,1-3,6-9,11H2. The molecule has 0 radical (unpaired) electrons. The van der Waals surface area contributed by atoms with Gasteiger partial charge in [0.1, 0.15) is 12.4 Å². The summed E-state index contributed by atoms with van der Waals surface area (Å²) in [6.07, 6.45) is 3.56. The van der Waals surface area contributed by atoms with Gasteiger partial charge in [-0.1, -0.05) is 6.42 Å². The topological polar surface area (TPSA) is 42.5 Å². The zero-order chi connectivity index (χ0) is 16.1. The maximum Gasteiger partial charge on any atom is 0.167 e. The molecule has 1 aliphatic heterocycles. The van der Waals surface area contributed by atoms with Crippen LogP contribution in [0.2, 0.25) is 0 Å². The molecule has 1 aliphatic carbocycles. The second-order valence-corrected chi connectivity index (χ2v) is 6.21. The Hall–Kier alpha value is -1.24. The second-order valence-electron chi connectivity index (χ2n) is 6.21. The number of hydrogen-bond acceptors (Lipinski definition) is 4. The zero-order valence-corrected chi connectivity index (χ0v) is 13.2. The fourth-order valence-corrected chi connectivity index (χ4v) is 3.58. The summed E-state index contributed by atoms with van der Waals surface area (Å²) in [5.41, 5.74) is 0. The summed E-state index contributed by atoms with van der Waals surface area (Å²) >= 11 is 0. The third kappa shape index (κ3) is 4.40. The van der Waals surface area contributed by atoms with E-state index in [0.29, 0.717) is 31.2 Å². The van der Waals surface area contributed by atoms with Gasteiger partial charge in [-0.25, -0.2) is 8.78 Å². The van der Waals surface area contributed by atoms with E-state index in [2.05, 4.69) is 10.6 Å². The van der Waals surface area contributed by atoms with Gasteiger partial charge in [-0.3, -0.25) is 0 Å². The Kier molecular flexibility index (Phi) is 5.80. The lowest BCUT2D eigenvalue weighted by Crippen LogP contribution is -2.51. The molecule has 0 spiro atoms. The molecule has 1 saturated carbocycles. The first-order valence-corrected chi connectivity index (χ1v) is 8.36. The molecule has 2 aliphatic rings. The maximum absolute atomic E-state index is 13.5. The van der Waals surface area contributed by atoms with E-state index in [9.17, 15) is 8.78 Å². The van der Waals surface area contributed by atoms with Crippen molar-refractivity contribution in [3.05, 3.63) is 29.8 Å². The largest absolute Gasteiger partial charge is 0.489 e. The van der Waals surface area contributed by atoms with Gasteiger partial charge in [0.15, 0.2) is 11.6 Å². The molecule has 128 valence electrons. The minimum atomic E-state index is -0.660. The summed E-state index contributed by atoms with van der Waals surface area (Å²) in [6, 6.07) is 4.22. The van der Waals surface area contributed by atoms with E-state index in [-0.39, 0.29) is 5.75 Å². The molecule has 3 atom stereocenters. The number of ether oxygens (including phenoxy) is 2. The molecule has 1 saturated heterocycles. The number of morpholine rings is 1. The molecule has 6 heteroatoms. The molecule has 2 fully saturated rings. The molecule has 1 aromatic rings. The summed E-state index contributed by atoms with van der Waals surface area (Å²) in [5, 5.41) is 7.05. The van der Waals surface area contributed by atoms with E-state index in [0.717, 1.165) is 32.2 Å². The molecule has 2 N–H and O–H groups in total. The van der Waals surface area contributed by atoms with Gasteiger partial charge in [0.2, 0.25) is 0 Å².